The molecule has 0 heterocycles. The highest BCUT2D eigenvalue weighted by Gasteiger charge is 2.19. The highest BCUT2D eigenvalue weighted by molar-refractivity contribution is 5.22. The minimum absolute atomic E-state index is 0.220. The summed E-state index contributed by atoms with van der Waals surface area (Å²) in [6.07, 6.45) is 0.681. The summed E-state index contributed by atoms with van der Waals surface area (Å²) in [5, 5.41) is 18.0. The van der Waals surface area contributed by atoms with Crippen LogP contribution in [0.5, 0.6) is 0 Å². The van der Waals surface area contributed by atoms with Crippen LogP contribution in [0.15, 0.2) is 18.2 Å². The number of hydrogen-bond donors (Lipinski definition) is 4. The van der Waals surface area contributed by atoms with Gasteiger partial charge in [-0.3, -0.25) is 0 Å². The fraction of sp³-hybridized carbons (Fsp3) is 0.538. The molecule has 2 unspecified atom stereocenters. The van der Waals surface area contributed by atoms with E-state index in [4.69, 9.17) is 21.7 Å². The van der Waals surface area contributed by atoms with Crippen LogP contribution in [0.3, 0.4) is 0 Å². The molecule has 4 nitrogen and oxygen atoms in total. The summed E-state index contributed by atoms with van der Waals surface area (Å²) in [4.78, 5) is 0. The zero-order valence-electron chi connectivity index (χ0n) is 10.6. The van der Waals surface area contributed by atoms with Crippen molar-refractivity contribution in [2.24, 2.45) is 11.5 Å². The van der Waals surface area contributed by atoms with Crippen LogP contribution in [0, 0.1) is 11.6 Å². The van der Waals surface area contributed by atoms with Gasteiger partial charge >= 0.3 is 0 Å². The molecule has 19 heavy (non-hydrogen) atoms. The number of aliphatic hydroxyl groups excluding tert-OH is 2. The monoisotopic (exact) mass is 274 g/mol. The molecule has 6 heteroatoms. The highest BCUT2D eigenvalue weighted by atomic mass is 19.1. The van der Waals surface area contributed by atoms with E-state index in [1.165, 1.54) is 12.1 Å². The van der Waals surface area contributed by atoms with E-state index in [0.717, 1.165) is 6.07 Å². The van der Waals surface area contributed by atoms with Crippen LogP contribution >= 0.6 is 0 Å². The topological polar surface area (TPSA) is 92.5 Å². The molecule has 2 atom stereocenters. The minimum atomic E-state index is -0.671. The van der Waals surface area contributed by atoms with Gasteiger partial charge in [-0.15, -0.1) is 0 Å². The summed E-state index contributed by atoms with van der Waals surface area (Å²) in [6.45, 7) is -0.439. The molecule has 1 rings (SSSR count). The predicted octanol–water partition coefficient (Wildman–Crippen LogP) is 0.468. The summed E-state index contributed by atoms with van der Waals surface area (Å²) in [5.41, 5.74) is 11.8. The molecule has 0 spiro atoms. The average molecular weight is 274 g/mol. The van der Waals surface area contributed by atoms with Gasteiger partial charge in [0.05, 0.1) is 13.2 Å². The third-order valence-corrected chi connectivity index (χ3v) is 3.00. The molecule has 0 saturated heterocycles. The molecule has 0 radical (unpaired) electrons. The van der Waals surface area contributed by atoms with Gasteiger partial charge in [-0.1, -0.05) is 0 Å². The quantitative estimate of drug-likeness (QED) is 0.581. The smallest absolute Gasteiger partial charge is 0.126 e. The lowest BCUT2D eigenvalue weighted by molar-refractivity contribution is 0.234. The van der Waals surface area contributed by atoms with Crippen molar-refractivity contribution in [3.63, 3.8) is 0 Å². The van der Waals surface area contributed by atoms with E-state index < -0.39 is 23.7 Å². The van der Waals surface area contributed by atoms with Crippen molar-refractivity contribution in [2.45, 2.75) is 30.8 Å². The molecular formula is C13H20F2N2O2. The molecule has 1 aromatic rings. The maximum Gasteiger partial charge on any atom is 0.126 e. The first-order valence-corrected chi connectivity index (χ1v) is 6.15. The molecule has 0 bridgehead atoms. The van der Waals surface area contributed by atoms with Crippen LogP contribution in [0.25, 0.3) is 0 Å². The van der Waals surface area contributed by atoms with Crippen LogP contribution in [-0.2, 0) is 0 Å². The number of halogens is 2. The molecule has 1 aromatic carbocycles. The fourth-order valence-corrected chi connectivity index (χ4v) is 2.06. The molecule has 0 saturated carbocycles. The lowest BCUT2D eigenvalue weighted by atomic mass is 9.87. The lowest BCUT2D eigenvalue weighted by Gasteiger charge is -2.23. The summed E-state index contributed by atoms with van der Waals surface area (Å²) in [7, 11) is 0. The molecule has 6 N–H and O–H groups in total. The van der Waals surface area contributed by atoms with Crippen LogP contribution < -0.4 is 11.5 Å². The van der Waals surface area contributed by atoms with Gasteiger partial charge in [0.25, 0.3) is 0 Å². The summed E-state index contributed by atoms with van der Waals surface area (Å²) in [6, 6.07) is 2.24. The largest absolute Gasteiger partial charge is 0.395 e. The molecule has 0 amide bonds. The Hall–Kier alpha value is -1.08. The number of aliphatic hydroxyl groups is 2. The van der Waals surface area contributed by atoms with Gasteiger partial charge in [-0.25, -0.2) is 8.78 Å². The first-order chi connectivity index (χ1) is 8.96. The maximum absolute atomic E-state index is 13.2. The Kier molecular flexibility index (Phi) is 6.30. The van der Waals surface area contributed by atoms with Crippen molar-refractivity contribution in [1.82, 2.24) is 0 Å². The van der Waals surface area contributed by atoms with Gasteiger partial charge in [0.2, 0.25) is 0 Å². The van der Waals surface area contributed by atoms with E-state index >= 15 is 0 Å². The van der Waals surface area contributed by atoms with Gasteiger partial charge < -0.3 is 21.7 Å². The van der Waals surface area contributed by atoms with E-state index in [2.05, 4.69) is 0 Å². The van der Waals surface area contributed by atoms with Gasteiger partial charge in [-0.05, 0) is 36.5 Å². The third-order valence-electron chi connectivity index (χ3n) is 3.00. The Balaban J connectivity index is 2.93. The maximum atomic E-state index is 13.2. The van der Waals surface area contributed by atoms with Crippen LogP contribution in [0.1, 0.15) is 24.3 Å². The number of benzene rings is 1. The fourth-order valence-electron chi connectivity index (χ4n) is 2.06. The van der Waals surface area contributed by atoms with E-state index in [0.29, 0.717) is 18.4 Å². The standard InChI is InChI=1S/C13H20F2N2O2/c14-10-1-8(2-11(15)5-10)9(3-12(16)6-18)4-13(17)7-19/h1-2,5,9,12-13,18-19H,3-4,6-7,16-17H2. The molecule has 0 aliphatic carbocycles. The van der Waals surface area contributed by atoms with E-state index in [9.17, 15) is 8.78 Å². The molecule has 108 valence electrons. The molecule has 0 aliphatic heterocycles. The number of rotatable bonds is 7. The van der Waals surface area contributed by atoms with Gasteiger partial charge in [0.15, 0.2) is 0 Å². The second kappa shape index (κ2) is 7.49. The number of hydrogen-bond acceptors (Lipinski definition) is 4. The molecule has 0 fully saturated rings. The summed E-state index contributed by atoms with van der Waals surface area (Å²) < 4.78 is 26.5. The lowest BCUT2D eigenvalue weighted by Crippen LogP contribution is -2.31. The van der Waals surface area contributed by atoms with E-state index in [1.54, 1.807) is 0 Å². The Morgan fingerprint density at radius 2 is 1.32 bits per heavy atom. The highest BCUT2D eigenvalue weighted by Crippen LogP contribution is 2.27. The van der Waals surface area contributed by atoms with E-state index in [1.807, 2.05) is 0 Å². The third kappa shape index (κ3) is 5.20. The Morgan fingerprint density at radius 1 is 0.895 bits per heavy atom. The van der Waals surface area contributed by atoms with Crippen molar-refractivity contribution < 1.29 is 19.0 Å². The Morgan fingerprint density at radius 3 is 1.68 bits per heavy atom. The Labute approximate surface area is 111 Å². The summed E-state index contributed by atoms with van der Waals surface area (Å²) >= 11 is 0. The molecule has 0 aromatic heterocycles. The van der Waals surface area contributed by atoms with Crippen molar-refractivity contribution >= 4 is 0 Å². The van der Waals surface area contributed by atoms with Crippen molar-refractivity contribution in [3.05, 3.63) is 35.4 Å². The normalized spacial score (nSPS) is 16.1. The number of nitrogens with two attached hydrogens (primary N) is 2. The van der Waals surface area contributed by atoms with Gasteiger partial charge in [0, 0.05) is 18.2 Å². The first kappa shape index (κ1) is 16.0. The first-order valence-electron chi connectivity index (χ1n) is 6.15. The zero-order chi connectivity index (χ0) is 14.4. The SMILES string of the molecule is NC(CO)CC(CC(N)CO)c1cc(F)cc(F)c1. The Bertz CT molecular complexity index is 372. The van der Waals surface area contributed by atoms with Gasteiger partial charge in [0.1, 0.15) is 11.6 Å². The summed E-state index contributed by atoms with van der Waals surface area (Å²) in [5.74, 6) is -1.65. The molecular weight excluding hydrogens is 254 g/mol. The van der Waals surface area contributed by atoms with Gasteiger partial charge in [-0.2, -0.15) is 0 Å². The van der Waals surface area contributed by atoms with Crippen molar-refractivity contribution in [3.8, 4) is 0 Å². The zero-order valence-corrected chi connectivity index (χ0v) is 10.6. The minimum Gasteiger partial charge on any atom is -0.395 e. The average Bonchev–Trinajstić information content (AvgIpc) is 2.36. The van der Waals surface area contributed by atoms with Crippen LogP contribution in [-0.4, -0.2) is 35.5 Å². The van der Waals surface area contributed by atoms with E-state index in [-0.39, 0.29) is 19.1 Å². The molecule has 0 aliphatic rings. The van der Waals surface area contributed by atoms with Crippen molar-refractivity contribution in [1.29, 1.82) is 0 Å². The van der Waals surface area contributed by atoms with Crippen LogP contribution in [0.2, 0.25) is 0 Å². The predicted molar refractivity (Wildman–Crippen MR) is 68.5 cm³/mol. The second-order valence-electron chi connectivity index (χ2n) is 4.76. The second-order valence-corrected chi connectivity index (χ2v) is 4.76. The van der Waals surface area contributed by atoms with Crippen molar-refractivity contribution in [2.75, 3.05) is 13.2 Å². The van der Waals surface area contributed by atoms with Crippen LogP contribution in [0.4, 0.5) is 8.78 Å².